The van der Waals surface area contributed by atoms with Crippen molar-refractivity contribution in [2.24, 2.45) is 5.92 Å². The smallest absolute Gasteiger partial charge is 0.228 e. The van der Waals surface area contributed by atoms with Gasteiger partial charge in [0.25, 0.3) is 0 Å². The maximum absolute atomic E-state index is 12.3. The van der Waals surface area contributed by atoms with Gasteiger partial charge in [-0.1, -0.05) is 16.8 Å². The summed E-state index contributed by atoms with van der Waals surface area (Å²) in [6.45, 7) is 0.414. The van der Waals surface area contributed by atoms with E-state index in [-0.39, 0.29) is 17.9 Å². The summed E-state index contributed by atoms with van der Waals surface area (Å²) < 4.78 is 10.5. The molecule has 0 aliphatic heterocycles. The number of aliphatic hydroxyl groups excluding tert-OH is 1. The maximum atomic E-state index is 12.3. The van der Waals surface area contributed by atoms with Crippen molar-refractivity contribution >= 4 is 17.5 Å². The Hall–Kier alpha value is -1.96. The number of rotatable bonds is 6. The summed E-state index contributed by atoms with van der Waals surface area (Å²) in [4.78, 5) is 16.6. The second-order valence-electron chi connectivity index (χ2n) is 6.41. The Morgan fingerprint density at radius 1 is 1.38 bits per heavy atom. The largest absolute Gasteiger partial charge is 0.390 e. The summed E-state index contributed by atoms with van der Waals surface area (Å²) in [5.74, 6) is 0.781. The van der Waals surface area contributed by atoms with E-state index in [0.29, 0.717) is 49.0 Å². The number of aromatic nitrogens is 2. The van der Waals surface area contributed by atoms with Gasteiger partial charge in [0.15, 0.2) is 0 Å². The van der Waals surface area contributed by atoms with Gasteiger partial charge < -0.3 is 19.7 Å². The van der Waals surface area contributed by atoms with Gasteiger partial charge in [-0.05, 0) is 43.5 Å². The molecule has 26 heavy (non-hydrogen) atoms. The number of carbonyl (C=O) groups excluding carboxylic acids is 1. The third-order valence-electron chi connectivity index (χ3n) is 4.64. The number of amides is 1. The molecule has 1 aromatic carbocycles. The first-order valence-electron chi connectivity index (χ1n) is 8.64. The van der Waals surface area contributed by atoms with Crippen LogP contribution in [0.3, 0.4) is 0 Å². The van der Waals surface area contributed by atoms with Crippen LogP contribution < -0.4 is 5.32 Å². The molecule has 1 fully saturated rings. The van der Waals surface area contributed by atoms with Crippen LogP contribution in [0.5, 0.6) is 0 Å². The number of hydrogen-bond donors (Lipinski definition) is 2. The predicted molar refractivity (Wildman–Crippen MR) is 95.6 cm³/mol. The molecule has 1 heterocycles. The van der Waals surface area contributed by atoms with E-state index in [1.807, 2.05) is 12.1 Å². The molecule has 1 aromatic heterocycles. The summed E-state index contributed by atoms with van der Waals surface area (Å²) in [5, 5.41) is 17.3. The highest BCUT2D eigenvalue weighted by molar-refractivity contribution is 6.30. The van der Waals surface area contributed by atoms with Crippen molar-refractivity contribution < 1.29 is 19.2 Å². The SMILES string of the molecule is CO[C@@H]1C[C@H](C(=O)NCCc2nc(-c3ccc(Cl)cc3)no2)CC[C@@H]1O. The molecular weight excluding hydrogens is 358 g/mol. The maximum Gasteiger partial charge on any atom is 0.228 e. The molecule has 0 spiro atoms. The molecule has 0 unspecified atom stereocenters. The van der Waals surface area contributed by atoms with E-state index in [1.165, 1.54) is 0 Å². The zero-order valence-corrected chi connectivity index (χ0v) is 15.3. The first-order chi connectivity index (χ1) is 12.6. The minimum absolute atomic E-state index is 0.0311. The molecule has 2 aromatic rings. The Bertz CT molecular complexity index is 734. The third-order valence-corrected chi connectivity index (χ3v) is 4.89. The van der Waals surface area contributed by atoms with Crippen molar-refractivity contribution in [3.05, 3.63) is 35.2 Å². The van der Waals surface area contributed by atoms with E-state index in [4.69, 9.17) is 20.9 Å². The third kappa shape index (κ3) is 4.60. The van der Waals surface area contributed by atoms with Gasteiger partial charge in [0.2, 0.25) is 17.6 Å². The average Bonchev–Trinajstić information content (AvgIpc) is 3.11. The summed E-state index contributed by atoms with van der Waals surface area (Å²) in [5.41, 5.74) is 0.819. The molecule has 1 amide bonds. The Labute approximate surface area is 156 Å². The van der Waals surface area contributed by atoms with Gasteiger partial charge >= 0.3 is 0 Å². The van der Waals surface area contributed by atoms with Gasteiger partial charge in [0.1, 0.15) is 0 Å². The molecule has 0 saturated heterocycles. The van der Waals surface area contributed by atoms with Gasteiger partial charge in [-0.25, -0.2) is 0 Å². The molecular formula is C18H22ClN3O4. The lowest BCUT2D eigenvalue weighted by Crippen LogP contribution is -2.41. The van der Waals surface area contributed by atoms with E-state index >= 15 is 0 Å². The number of ether oxygens (including phenoxy) is 1. The van der Waals surface area contributed by atoms with E-state index in [1.54, 1.807) is 19.2 Å². The van der Waals surface area contributed by atoms with Crippen molar-refractivity contribution in [3.63, 3.8) is 0 Å². The molecule has 0 bridgehead atoms. The first-order valence-corrected chi connectivity index (χ1v) is 9.01. The van der Waals surface area contributed by atoms with Crippen molar-refractivity contribution in [2.45, 2.75) is 37.9 Å². The van der Waals surface area contributed by atoms with Crippen LogP contribution in [0.1, 0.15) is 25.2 Å². The summed E-state index contributed by atoms with van der Waals surface area (Å²) in [7, 11) is 1.56. The van der Waals surface area contributed by atoms with Crippen LogP contribution in [0.25, 0.3) is 11.4 Å². The van der Waals surface area contributed by atoms with Gasteiger partial charge in [-0.2, -0.15) is 4.98 Å². The van der Waals surface area contributed by atoms with Crippen molar-refractivity contribution in [3.8, 4) is 11.4 Å². The second kappa shape index (κ2) is 8.62. The van der Waals surface area contributed by atoms with Crippen LogP contribution in [0.2, 0.25) is 5.02 Å². The molecule has 0 radical (unpaired) electrons. The number of nitrogens with zero attached hydrogens (tertiary/aromatic N) is 2. The van der Waals surface area contributed by atoms with Crippen LogP contribution in [-0.2, 0) is 16.0 Å². The lowest BCUT2D eigenvalue weighted by molar-refractivity contribution is -0.130. The lowest BCUT2D eigenvalue weighted by Gasteiger charge is -2.31. The van der Waals surface area contributed by atoms with Gasteiger partial charge in [-0.15, -0.1) is 0 Å². The molecule has 140 valence electrons. The van der Waals surface area contributed by atoms with Crippen LogP contribution in [0.4, 0.5) is 0 Å². The normalized spacial score (nSPS) is 23.0. The van der Waals surface area contributed by atoms with E-state index < -0.39 is 6.10 Å². The van der Waals surface area contributed by atoms with Crippen LogP contribution in [0, 0.1) is 5.92 Å². The van der Waals surface area contributed by atoms with E-state index in [2.05, 4.69) is 15.5 Å². The number of methoxy groups -OCH3 is 1. The minimum atomic E-state index is -0.492. The van der Waals surface area contributed by atoms with Crippen molar-refractivity contribution in [1.29, 1.82) is 0 Å². The Kier molecular flexibility index (Phi) is 6.24. The second-order valence-corrected chi connectivity index (χ2v) is 6.85. The summed E-state index contributed by atoms with van der Waals surface area (Å²) in [6.07, 6.45) is 1.45. The Balaban J connectivity index is 1.48. The predicted octanol–water partition coefficient (Wildman–Crippen LogP) is 2.22. The Morgan fingerprint density at radius 2 is 2.15 bits per heavy atom. The quantitative estimate of drug-likeness (QED) is 0.798. The molecule has 1 aliphatic carbocycles. The molecule has 3 rings (SSSR count). The Morgan fingerprint density at radius 3 is 2.88 bits per heavy atom. The van der Waals surface area contributed by atoms with E-state index in [0.717, 1.165) is 5.56 Å². The molecule has 2 N–H and O–H groups in total. The fraction of sp³-hybridized carbons (Fsp3) is 0.500. The molecule has 3 atom stereocenters. The van der Waals surface area contributed by atoms with Crippen molar-refractivity contribution in [1.82, 2.24) is 15.5 Å². The van der Waals surface area contributed by atoms with Gasteiger partial charge in [0, 0.05) is 36.6 Å². The molecule has 8 heteroatoms. The number of nitrogens with one attached hydrogen (secondary N) is 1. The lowest BCUT2D eigenvalue weighted by atomic mass is 9.84. The fourth-order valence-corrected chi connectivity index (χ4v) is 3.24. The standard InChI is InChI=1S/C18H22ClN3O4/c1-25-15-10-12(4-7-14(15)23)18(24)20-9-8-16-21-17(22-26-16)11-2-5-13(19)6-3-11/h2-3,5-6,12,14-15,23H,4,7-10H2,1H3,(H,20,24)/t12-,14+,15-/m1/s1. The highest BCUT2D eigenvalue weighted by Crippen LogP contribution is 2.26. The summed E-state index contributed by atoms with van der Waals surface area (Å²) in [6, 6.07) is 7.17. The van der Waals surface area contributed by atoms with Crippen LogP contribution in [0.15, 0.2) is 28.8 Å². The average molecular weight is 380 g/mol. The minimum Gasteiger partial charge on any atom is -0.390 e. The molecule has 1 aliphatic rings. The van der Waals surface area contributed by atoms with Crippen LogP contribution in [-0.4, -0.2) is 47.0 Å². The molecule has 7 nitrogen and oxygen atoms in total. The number of benzene rings is 1. The van der Waals surface area contributed by atoms with E-state index in [9.17, 15) is 9.90 Å². The topological polar surface area (TPSA) is 97.5 Å². The van der Waals surface area contributed by atoms with Gasteiger partial charge in [0.05, 0.1) is 12.2 Å². The van der Waals surface area contributed by atoms with Crippen molar-refractivity contribution in [2.75, 3.05) is 13.7 Å². The van der Waals surface area contributed by atoms with Crippen LogP contribution >= 0.6 is 11.6 Å². The molecule has 1 saturated carbocycles. The zero-order chi connectivity index (χ0) is 18.5. The monoisotopic (exact) mass is 379 g/mol. The highest BCUT2D eigenvalue weighted by Gasteiger charge is 2.32. The fourth-order valence-electron chi connectivity index (χ4n) is 3.11. The number of hydrogen-bond acceptors (Lipinski definition) is 6. The first kappa shape index (κ1) is 18.8. The summed E-state index contributed by atoms with van der Waals surface area (Å²) >= 11 is 5.87. The number of carbonyl (C=O) groups is 1. The highest BCUT2D eigenvalue weighted by atomic mass is 35.5. The number of halogens is 1. The zero-order valence-electron chi connectivity index (χ0n) is 14.5. The number of aliphatic hydroxyl groups is 1. The van der Waals surface area contributed by atoms with Gasteiger partial charge in [-0.3, -0.25) is 4.79 Å².